The summed E-state index contributed by atoms with van der Waals surface area (Å²) in [6.07, 6.45) is 6.26. The summed E-state index contributed by atoms with van der Waals surface area (Å²) in [4.78, 5) is 0. The van der Waals surface area contributed by atoms with Gasteiger partial charge in [0.2, 0.25) is 0 Å². The summed E-state index contributed by atoms with van der Waals surface area (Å²) in [5.74, 6) is 1.81. The Kier molecular flexibility index (Phi) is 5.71. The van der Waals surface area contributed by atoms with E-state index in [0.29, 0.717) is 0 Å². The highest BCUT2D eigenvalue weighted by atomic mass is 32.2. The van der Waals surface area contributed by atoms with Crippen molar-refractivity contribution in [1.82, 2.24) is 0 Å². The second kappa shape index (κ2) is 7.30. The van der Waals surface area contributed by atoms with E-state index in [1.165, 1.54) is 25.7 Å². The van der Waals surface area contributed by atoms with Gasteiger partial charge in [-0.1, -0.05) is 38.0 Å². The van der Waals surface area contributed by atoms with E-state index in [2.05, 4.69) is 6.92 Å². The van der Waals surface area contributed by atoms with Gasteiger partial charge in [0.15, 0.2) is 0 Å². The van der Waals surface area contributed by atoms with Gasteiger partial charge in [-0.05, 0) is 37.0 Å². The normalized spacial score (nSPS) is 19.5. The third-order valence-electron chi connectivity index (χ3n) is 4.06. The van der Waals surface area contributed by atoms with E-state index < -0.39 is 0 Å². The van der Waals surface area contributed by atoms with Gasteiger partial charge in [0, 0.05) is 16.9 Å². The lowest BCUT2D eigenvalue weighted by Gasteiger charge is -2.24. The van der Waals surface area contributed by atoms with Crippen LogP contribution in [-0.4, -0.2) is 11.8 Å². The van der Waals surface area contributed by atoms with Crippen LogP contribution in [0, 0.1) is 11.7 Å². The molecule has 2 rings (SSSR count). The Hall–Kier alpha value is -0.540. The van der Waals surface area contributed by atoms with Crippen molar-refractivity contribution in [3.63, 3.8) is 0 Å². The van der Waals surface area contributed by atoms with Gasteiger partial charge in [-0.15, -0.1) is 0 Å². The summed E-state index contributed by atoms with van der Waals surface area (Å²) in [5.41, 5.74) is 6.99. The van der Waals surface area contributed by atoms with Gasteiger partial charge >= 0.3 is 0 Å². The summed E-state index contributed by atoms with van der Waals surface area (Å²) in [5, 5.41) is 0.0896. The lowest BCUT2D eigenvalue weighted by molar-refractivity contribution is 0.568. The number of rotatable bonds is 6. The molecule has 19 heavy (non-hydrogen) atoms. The minimum Gasteiger partial charge on any atom is -0.326 e. The third-order valence-corrected chi connectivity index (χ3v) is 5.68. The average molecular weight is 281 g/mol. The molecule has 106 valence electrons. The topological polar surface area (TPSA) is 26.0 Å². The Morgan fingerprint density at radius 3 is 2.63 bits per heavy atom. The molecule has 1 saturated carbocycles. The zero-order chi connectivity index (χ0) is 13.7. The molecule has 0 heterocycles. The second-order valence-electron chi connectivity index (χ2n) is 5.50. The maximum atomic E-state index is 14.0. The molecule has 1 aromatic rings. The predicted molar refractivity (Wildman–Crippen MR) is 81.8 cm³/mol. The molecule has 1 aromatic carbocycles. The zero-order valence-corrected chi connectivity index (χ0v) is 12.5. The van der Waals surface area contributed by atoms with E-state index in [4.69, 9.17) is 5.73 Å². The van der Waals surface area contributed by atoms with Crippen molar-refractivity contribution in [2.75, 3.05) is 5.75 Å². The van der Waals surface area contributed by atoms with Crippen molar-refractivity contribution in [3.8, 4) is 0 Å². The van der Waals surface area contributed by atoms with E-state index in [1.807, 2.05) is 23.9 Å². The fourth-order valence-corrected chi connectivity index (χ4v) is 4.40. The molecular formula is C16H24FNS. The average Bonchev–Trinajstić information content (AvgIpc) is 2.93. The molecule has 1 aliphatic carbocycles. The lowest BCUT2D eigenvalue weighted by atomic mass is 10.0. The van der Waals surface area contributed by atoms with Crippen molar-refractivity contribution in [2.45, 2.75) is 50.3 Å². The van der Waals surface area contributed by atoms with Crippen LogP contribution >= 0.6 is 11.8 Å². The number of thioether (sulfide) groups is 1. The van der Waals surface area contributed by atoms with E-state index >= 15 is 0 Å². The van der Waals surface area contributed by atoms with E-state index in [-0.39, 0.29) is 17.1 Å². The quantitative estimate of drug-likeness (QED) is 0.829. The molecule has 3 heteroatoms. The molecule has 1 nitrogen and oxygen atoms in total. The first kappa shape index (κ1) is 14.9. The first-order valence-corrected chi connectivity index (χ1v) is 8.38. The van der Waals surface area contributed by atoms with Crippen molar-refractivity contribution >= 4 is 11.8 Å². The third kappa shape index (κ3) is 3.96. The molecule has 0 aromatic heterocycles. The fourth-order valence-electron chi connectivity index (χ4n) is 2.78. The van der Waals surface area contributed by atoms with Crippen molar-refractivity contribution in [2.24, 2.45) is 11.7 Å². The summed E-state index contributed by atoms with van der Waals surface area (Å²) in [6.45, 7) is 2.08. The predicted octanol–water partition coefficient (Wildman–Crippen LogP) is 4.53. The first-order chi connectivity index (χ1) is 9.22. The van der Waals surface area contributed by atoms with Gasteiger partial charge < -0.3 is 5.73 Å². The monoisotopic (exact) mass is 281 g/mol. The Balaban J connectivity index is 2.05. The van der Waals surface area contributed by atoms with Crippen LogP contribution in [0.4, 0.5) is 4.39 Å². The Bertz CT molecular complexity index is 390. The van der Waals surface area contributed by atoms with Gasteiger partial charge in [0.25, 0.3) is 0 Å². The maximum absolute atomic E-state index is 14.0. The van der Waals surface area contributed by atoms with Crippen LogP contribution in [0.2, 0.25) is 0 Å². The van der Waals surface area contributed by atoms with Gasteiger partial charge in [0.1, 0.15) is 5.82 Å². The molecule has 2 unspecified atom stereocenters. The fraction of sp³-hybridized carbons (Fsp3) is 0.625. The molecule has 2 N–H and O–H groups in total. The number of benzene rings is 1. The minimum absolute atomic E-state index is 0.0308. The molecule has 0 saturated heterocycles. The molecule has 0 aliphatic heterocycles. The van der Waals surface area contributed by atoms with Gasteiger partial charge in [-0.25, -0.2) is 4.39 Å². The summed E-state index contributed by atoms with van der Waals surface area (Å²) < 4.78 is 14.0. The summed E-state index contributed by atoms with van der Waals surface area (Å²) in [7, 11) is 0. The molecule has 0 radical (unpaired) electrons. The zero-order valence-electron chi connectivity index (χ0n) is 11.6. The van der Waals surface area contributed by atoms with Crippen LogP contribution in [0.25, 0.3) is 0 Å². The highest BCUT2D eigenvalue weighted by Crippen LogP contribution is 2.38. The summed E-state index contributed by atoms with van der Waals surface area (Å²) >= 11 is 1.85. The van der Waals surface area contributed by atoms with Crippen molar-refractivity contribution in [3.05, 3.63) is 35.6 Å². The van der Waals surface area contributed by atoms with Crippen LogP contribution in [0.1, 0.15) is 49.8 Å². The Morgan fingerprint density at radius 2 is 2.00 bits per heavy atom. The number of hydrogen-bond donors (Lipinski definition) is 1. The van der Waals surface area contributed by atoms with Crippen LogP contribution in [0.15, 0.2) is 24.3 Å². The van der Waals surface area contributed by atoms with Crippen LogP contribution in [0.3, 0.4) is 0 Å². The Labute approximate surface area is 120 Å². The lowest BCUT2D eigenvalue weighted by Crippen LogP contribution is -2.27. The molecular weight excluding hydrogens is 257 g/mol. The molecule has 0 bridgehead atoms. The van der Waals surface area contributed by atoms with Gasteiger partial charge in [-0.2, -0.15) is 11.8 Å². The second-order valence-corrected chi connectivity index (χ2v) is 6.67. The van der Waals surface area contributed by atoms with Crippen molar-refractivity contribution < 1.29 is 4.39 Å². The molecule has 2 atom stereocenters. The van der Waals surface area contributed by atoms with Crippen LogP contribution < -0.4 is 5.73 Å². The molecule has 0 spiro atoms. The summed E-state index contributed by atoms with van der Waals surface area (Å²) in [6, 6.07) is 7.11. The number of hydrogen-bond acceptors (Lipinski definition) is 2. The van der Waals surface area contributed by atoms with Crippen molar-refractivity contribution in [1.29, 1.82) is 0 Å². The van der Waals surface area contributed by atoms with Gasteiger partial charge in [-0.3, -0.25) is 0 Å². The minimum atomic E-state index is -0.115. The van der Waals surface area contributed by atoms with E-state index in [0.717, 1.165) is 23.7 Å². The van der Waals surface area contributed by atoms with E-state index in [1.54, 1.807) is 12.1 Å². The van der Waals surface area contributed by atoms with Crippen LogP contribution in [-0.2, 0) is 0 Å². The van der Waals surface area contributed by atoms with Gasteiger partial charge in [0.05, 0.1) is 0 Å². The number of halogens is 1. The SMILES string of the molecule is CCC(N)C(SCC1CCCC1)c1ccccc1F. The molecule has 1 fully saturated rings. The van der Waals surface area contributed by atoms with Crippen LogP contribution in [0.5, 0.6) is 0 Å². The maximum Gasteiger partial charge on any atom is 0.127 e. The highest BCUT2D eigenvalue weighted by Gasteiger charge is 2.24. The largest absolute Gasteiger partial charge is 0.326 e. The first-order valence-electron chi connectivity index (χ1n) is 7.34. The highest BCUT2D eigenvalue weighted by molar-refractivity contribution is 7.99. The molecule has 0 amide bonds. The number of nitrogens with two attached hydrogens (primary N) is 1. The molecule has 1 aliphatic rings. The smallest absolute Gasteiger partial charge is 0.127 e. The standard InChI is InChI=1S/C16H24FNS/c1-2-15(18)16(13-9-5-6-10-14(13)17)19-11-12-7-3-4-8-12/h5-6,9-10,12,15-16H,2-4,7-8,11,18H2,1H3. The van der Waals surface area contributed by atoms with E-state index in [9.17, 15) is 4.39 Å². The Morgan fingerprint density at radius 1 is 1.32 bits per heavy atom.